The third kappa shape index (κ3) is 5.60. The zero-order valence-electron chi connectivity index (χ0n) is 16.6. The second kappa shape index (κ2) is 10.5. The molecule has 6 nitrogen and oxygen atoms in total. The van der Waals surface area contributed by atoms with E-state index in [1.807, 2.05) is 30.2 Å². The van der Waals surface area contributed by atoms with Gasteiger partial charge in [-0.3, -0.25) is 9.67 Å². The van der Waals surface area contributed by atoms with Crippen LogP contribution in [0, 0.1) is 13.8 Å². The van der Waals surface area contributed by atoms with Crippen molar-refractivity contribution in [1.82, 2.24) is 20.0 Å². The molecule has 1 aromatic carbocycles. The molecule has 0 amide bonds. The number of benzene rings is 1. The van der Waals surface area contributed by atoms with Crippen LogP contribution in [0.5, 0.6) is 0 Å². The van der Waals surface area contributed by atoms with Crippen LogP contribution in [-0.2, 0) is 6.54 Å². The lowest BCUT2D eigenvalue weighted by molar-refractivity contribution is 0.371. The van der Waals surface area contributed by atoms with Crippen LogP contribution < -0.4 is 10.2 Å². The van der Waals surface area contributed by atoms with E-state index < -0.39 is 0 Å². The number of guanidine groups is 1. The largest absolute Gasteiger partial charge is 0.368 e. The summed E-state index contributed by atoms with van der Waals surface area (Å²) in [6, 6.07) is 8.54. The molecule has 0 radical (unpaired) electrons. The first kappa shape index (κ1) is 21.5. The maximum absolute atomic E-state index is 4.47. The van der Waals surface area contributed by atoms with Gasteiger partial charge in [0.2, 0.25) is 0 Å². The highest BCUT2D eigenvalue weighted by molar-refractivity contribution is 14.0. The summed E-state index contributed by atoms with van der Waals surface area (Å²) in [4.78, 5) is 9.31. The van der Waals surface area contributed by atoms with Gasteiger partial charge in [0.05, 0.1) is 0 Å². The molecule has 0 aliphatic carbocycles. The summed E-state index contributed by atoms with van der Waals surface area (Å²) in [6.07, 6.45) is 4.85. The summed E-state index contributed by atoms with van der Waals surface area (Å²) < 4.78 is 1.97. The number of rotatable bonds is 5. The summed E-state index contributed by atoms with van der Waals surface area (Å²) in [7, 11) is 1.87. The minimum absolute atomic E-state index is 0. The van der Waals surface area contributed by atoms with E-state index in [0.717, 1.165) is 51.6 Å². The number of hydrogen-bond acceptors (Lipinski definition) is 3. The molecule has 1 N–H and O–H groups in total. The molecule has 0 bridgehead atoms. The molecule has 0 spiro atoms. The molecule has 1 aliphatic heterocycles. The van der Waals surface area contributed by atoms with Crippen molar-refractivity contribution in [1.29, 1.82) is 0 Å². The Labute approximate surface area is 179 Å². The number of hydrogen-bond donors (Lipinski definition) is 1. The van der Waals surface area contributed by atoms with Crippen LogP contribution in [0.25, 0.3) is 0 Å². The van der Waals surface area contributed by atoms with Gasteiger partial charge in [-0.15, -0.1) is 24.0 Å². The second-order valence-electron chi connectivity index (χ2n) is 6.79. The maximum Gasteiger partial charge on any atom is 0.193 e. The lowest BCUT2D eigenvalue weighted by atomic mass is 10.1. The van der Waals surface area contributed by atoms with Gasteiger partial charge in [-0.05, 0) is 43.5 Å². The zero-order valence-corrected chi connectivity index (χ0v) is 18.9. The van der Waals surface area contributed by atoms with Gasteiger partial charge in [0.1, 0.15) is 0 Å². The van der Waals surface area contributed by atoms with E-state index in [-0.39, 0.29) is 24.0 Å². The lowest BCUT2D eigenvalue weighted by Crippen LogP contribution is -2.52. The molecule has 1 fully saturated rings. The van der Waals surface area contributed by atoms with E-state index in [4.69, 9.17) is 0 Å². The third-order valence-corrected chi connectivity index (χ3v) is 5.11. The van der Waals surface area contributed by atoms with Gasteiger partial charge in [-0.2, -0.15) is 5.10 Å². The number of aryl methyl sites for hydroxylation is 2. The topological polar surface area (TPSA) is 48.7 Å². The van der Waals surface area contributed by atoms with Crippen LogP contribution in [0.15, 0.2) is 41.7 Å². The van der Waals surface area contributed by atoms with Crippen molar-refractivity contribution in [2.24, 2.45) is 4.99 Å². The van der Waals surface area contributed by atoms with E-state index in [0.29, 0.717) is 0 Å². The molecule has 3 rings (SSSR count). The number of piperazine rings is 1. The first-order valence-electron chi connectivity index (χ1n) is 9.43. The Morgan fingerprint density at radius 1 is 1.15 bits per heavy atom. The number of nitrogens with one attached hydrogen (secondary N) is 1. The van der Waals surface area contributed by atoms with Crippen molar-refractivity contribution in [3.63, 3.8) is 0 Å². The van der Waals surface area contributed by atoms with Crippen molar-refractivity contribution in [3.05, 3.63) is 47.8 Å². The molecule has 0 unspecified atom stereocenters. The summed E-state index contributed by atoms with van der Waals surface area (Å²) in [5, 5.41) is 7.73. The van der Waals surface area contributed by atoms with E-state index >= 15 is 0 Å². The number of anilines is 1. The molecule has 1 aromatic heterocycles. The Morgan fingerprint density at radius 3 is 2.59 bits per heavy atom. The summed E-state index contributed by atoms with van der Waals surface area (Å²) in [5.41, 5.74) is 4.12. The van der Waals surface area contributed by atoms with Crippen molar-refractivity contribution >= 4 is 35.6 Å². The Hall–Kier alpha value is -1.77. The molecule has 0 atom stereocenters. The predicted octanol–water partition coefficient (Wildman–Crippen LogP) is 2.91. The Balaban J connectivity index is 0.00000261. The fourth-order valence-electron chi connectivity index (χ4n) is 3.44. The molecule has 1 aliphatic rings. The van der Waals surface area contributed by atoms with E-state index in [2.05, 4.69) is 57.3 Å². The molecule has 2 aromatic rings. The first-order valence-corrected chi connectivity index (χ1v) is 9.43. The quantitative estimate of drug-likeness (QED) is 0.308. The monoisotopic (exact) mass is 482 g/mol. The second-order valence-corrected chi connectivity index (χ2v) is 6.79. The molecule has 2 heterocycles. The van der Waals surface area contributed by atoms with E-state index in [1.54, 1.807) is 0 Å². The van der Waals surface area contributed by atoms with Crippen molar-refractivity contribution in [2.45, 2.75) is 26.8 Å². The zero-order chi connectivity index (χ0) is 18.4. The predicted molar refractivity (Wildman–Crippen MR) is 123 cm³/mol. The summed E-state index contributed by atoms with van der Waals surface area (Å²) in [6.45, 7) is 10.3. The van der Waals surface area contributed by atoms with Gasteiger partial charge in [0.15, 0.2) is 5.96 Å². The van der Waals surface area contributed by atoms with Crippen LogP contribution in [0.3, 0.4) is 0 Å². The fraction of sp³-hybridized carbons (Fsp3) is 0.500. The summed E-state index contributed by atoms with van der Waals surface area (Å²) in [5.74, 6) is 1.01. The van der Waals surface area contributed by atoms with Crippen LogP contribution in [0.1, 0.15) is 17.5 Å². The van der Waals surface area contributed by atoms with Crippen LogP contribution in [-0.4, -0.2) is 60.4 Å². The van der Waals surface area contributed by atoms with Gasteiger partial charge in [0.25, 0.3) is 0 Å². The van der Waals surface area contributed by atoms with Crippen LogP contribution in [0.4, 0.5) is 5.69 Å². The molecule has 7 heteroatoms. The van der Waals surface area contributed by atoms with Gasteiger partial charge < -0.3 is 15.1 Å². The molecule has 0 saturated carbocycles. The number of nitrogens with zero attached hydrogens (tertiary/aromatic N) is 5. The van der Waals surface area contributed by atoms with E-state index in [9.17, 15) is 0 Å². The number of aliphatic imine (C=N–C) groups is 1. The van der Waals surface area contributed by atoms with Crippen molar-refractivity contribution < 1.29 is 0 Å². The highest BCUT2D eigenvalue weighted by Crippen LogP contribution is 2.23. The van der Waals surface area contributed by atoms with Gasteiger partial charge in [0, 0.05) is 64.4 Å². The highest BCUT2D eigenvalue weighted by Gasteiger charge is 2.20. The average molecular weight is 482 g/mol. The Morgan fingerprint density at radius 2 is 1.93 bits per heavy atom. The minimum Gasteiger partial charge on any atom is -0.368 e. The maximum atomic E-state index is 4.47. The Kier molecular flexibility index (Phi) is 8.40. The molecular formula is C20H31IN6. The van der Waals surface area contributed by atoms with Gasteiger partial charge >= 0.3 is 0 Å². The van der Waals surface area contributed by atoms with Gasteiger partial charge in [-0.25, -0.2) is 0 Å². The molecule has 1 saturated heterocycles. The third-order valence-electron chi connectivity index (χ3n) is 5.11. The van der Waals surface area contributed by atoms with Crippen molar-refractivity contribution in [3.8, 4) is 0 Å². The molecule has 27 heavy (non-hydrogen) atoms. The highest BCUT2D eigenvalue weighted by atomic mass is 127. The summed E-state index contributed by atoms with van der Waals surface area (Å²) >= 11 is 0. The fourth-order valence-corrected chi connectivity index (χ4v) is 3.44. The first-order chi connectivity index (χ1) is 12.7. The molecular weight excluding hydrogens is 451 g/mol. The van der Waals surface area contributed by atoms with Gasteiger partial charge in [-0.1, -0.05) is 12.1 Å². The molecule has 148 valence electrons. The lowest BCUT2D eigenvalue weighted by Gasteiger charge is -2.38. The van der Waals surface area contributed by atoms with Crippen LogP contribution >= 0.6 is 24.0 Å². The standard InChI is InChI=1S/C20H30N6.HI/c1-17-7-4-8-19(18(17)2)24-13-15-25(16-14-24)20(21-3)22-9-5-11-26-12-6-10-23-26;/h4,6-8,10,12H,5,9,11,13-16H2,1-3H3,(H,21,22);1H. The van der Waals surface area contributed by atoms with Crippen molar-refractivity contribution in [2.75, 3.05) is 44.7 Å². The Bertz CT molecular complexity index is 720. The van der Waals surface area contributed by atoms with E-state index in [1.165, 1.54) is 16.8 Å². The number of halogens is 1. The SMILES string of the molecule is CN=C(NCCCn1cccn1)N1CCN(c2cccc(C)c2C)CC1.I. The van der Waals surface area contributed by atoms with Crippen LogP contribution in [0.2, 0.25) is 0 Å². The smallest absolute Gasteiger partial charge is 0.193 e. The minimum atomic E-state index is 0. The average Bonchev–Trinajstić information content (AvgIpc) is 3.18. The number of aromatic nitrogens is 2. The normalized spacial score (nSPS) is 14.9.